The molecule has 1 aromatic heterocycles. The van der Waals surface area contributed by atoms with Gasteiger partial charge in [0.15, 0.2) is 0 Å². The van der Waals surface area contributed by atoms with Crippen molar-refractivity contribution in [1.82, 2.24) is 15.2 Å². The third-order valence-corrected chi connectivity index (χ3v) is 6.55. The Morgan fingerprint density at radius 2 is 1.95 bits per heavy atom. The highest BCUT2D eigenvalue weighted by Crippen LogP contribution is 2.37. The molecule has 0 amide bonds. The van der Waals surface area contributed by atoms with E-state index in [1.807, 2.05) is 11.3 Å². The molecule has 118 valence electrons. The Balaban J connectivity index is 1.45. The molecule has 0 aliphatic carbocycles. The number of piperidine rings is 1. The van der Waals surface area contributed by atoms with Gasteiger partial charge in [-0.2, -0.15) is 0 Å². The summed E-state index contributed by atoms with van der Waals surface area (Å²) in [5.41, 5.74) is 0.177. The Hall–Kier alpha value is -0.450. The molecule has 2 unspecified atom stereocenters. The molecule has 1 aromatic rings. The van der Waals surface area contributed by atoms with Gasteiger partial charge in [0, 0.05) is 35.1 Å². The first-order valence-electron chi connectivity index (χ1n) is 8.31. The highest BCUT2D eigenvalue weighted by molar-refractivity contribution is 7.11. The number of rotatable bonds is 4. The van der Waals surface area contributed by atoms with Gasteiger partial charge in [0.05, 0.1) is 5.01 Å². The zero-order valence-corrected chi connectivity index (χ0v) is 14.7. The molecule has 4 heteroatoms. The van der Waals surface area contributed by atoms with Crippen molar-refractivity contribution in [1.29, 1.82) is 0 Å². The van der Waals surface area contributed by atoms with Crippen LogP contribution in [0.4, 0.5) is 0 Å². The minimum atomic E-state index is 0.177. The quantitative estimate of drug-likeness (QED) is 0.924. The van der Waals surface area contributed by atoms with Crippen molar-refractivity contribution < 1.29 is 0 Å². The molecule has 2 atom stereocenters. The summed E-state index contributed by atoms with van der Waals surface area (Å²) in [6.45, 7) is 8.85. The minimum Gasteiger partial charge on any atom is -0.312 e. The molecule has 2 saturated heterocycles. The molecular formula is C17H29N3S. The molecule has 0 saturated carbocycles. The van der Waals surface area contributed by atoms with Crippen LogP contribution in [0.15, 0.2) is 6.20 Å². The SMILES string of the molecule is CN1C2CCC1CC(CNCc1cnc(C(C)(C)C)s1)C2. The number of hydrogen-bond donors (Lipinski definition) is 1. The Bertz CT molecular complexity index is 463. The normalized spacial score (nSPS) is 30.0. The van der Waals surface area contributed by atoms with Crippen LogP contribution >= 0.6 is 11.3 Å². The fourth-order valence-electron chi connectivity index (χ4n) is 3.83. The molecule has 21 heavy (non-hydrogen) atoms. The van der Waals surface area contributed by atoms with Crippen LogP contribution in [0.5, 0.6) is 0 Å². The fourth-order valence-corrected chi connectivity index (χ4v) is 4.77. The summed E-state index contributed by atoms with van der Waals surface area (Å²) in [4.78, 5) is 8.56. The molecule has 3 rings (SSSR count). The average Bonchev–Trinajstić information content (AvgIpc) is 2.93. The van der Waals surface area contributed by atoms with E-state index in [1.54, 1.807) is 0 Å². The van der Waals surface area contributed by atoms with Crippen LogP contribution in [-0.2, 0) is 12.0 Å². The van der Waals surface area contributed by atoms with Crippen molar-refractivity contribution in [2.24, 2.45) is 5.92 Å². The van der Waals surface area contributed by atoms with Gasteiger partial charge in [-0.25, -0.2) is 4.98 Å². The van der Waals surface area contributed by atoms with Gasteiger partial charge in [-0.3, -0.25) is 0 Å². The Morgan fingerprint density at radius 3 is 2.52 bits per heavy atom. The van der Waals surface area contributed by atoms with Gasteiger partial charge in [-0.15, -0.1) is 11.3 Å². The molecule has 0 radical (unpaired) electrons. The van der Waals surface area contributed by atoms with E-state index >= 15 is 0 Å². The van der Waals surface area contributed by atoms with Crippen molar-refractivity contribution in [2.75, 3.05) is 13.6 Å². The third kappa shape index (κ3) is 3.49. The topological polar surface area (TPSA) is 28.2 Å². The molecule has 3 heterocycles. The molecule has 2 bridgehead atoms. The maximum atomic E-state index is 4.57. The van der Waals surface area contributed by atoms with Crippen molar-refractivity contribution in [3.05, 3.63) is 16.1 Å². The van der Waals surface area contributed by atoms with Gasteiger partial charge in [-0.1, -0.05) is 20.8 Å². The Kier molecular flexibility index (Phi) is 4.40. The van der Waals surface area contributed by atoms with Crippen molar-refractivity contribution in [3.8, 4) is 0 Å². The van der Waals surface area contributed by atoms with Crippen molar-refractivity contribution in [3.63, 3.8) is 0 Å². The van der Waals surface area contributed by atoms with Gasteiger partial charge in [0.2, 0.25) is 0 Å². The molecule has 2 aliphatic rings. The third-order valence-electron chi connectivity index (χ3n) is 5.12. The number of hydrogen-bond acceptors (Lipinski definition) is 4. The standard InChI is InChI=1S/C17H29N3S/c1-17(2,3)16-19-11-15(21-16)10-18-9-12-7-13-5-6-14(8-12)20(13)4/h11-14,18H,5-10H2,1-4H3. The molecule has 2 aliphatic heterocycles. The van der Waals surface area contributed by atoms with Gasteiger partial charge >= 0.3 is 0 Å². The second-order valence-corrected chi connectivity index (χ2v) is 9.02. The molecule has 0 spiro atoms. The van der Waals surface area contributed by atoms with Gasteiger partial charge in [-0.05, 0) is 45.2 Å². The van der Waals surface area contributed by atoms with Gasteiger partial charge in [0.1, 0.15) is 0 Å². The second-order valence-electron chi connectivity index (χ2n) is 7.90. The number of thiazole rings is 1. The molecule has 3 nitrogen and oxygen atoms in total. The maximum Gasteiger partial charge on any atom is 0.0981 e. The number of nitrogens with zero attached hydrogens (tertiary/aromatic N) is 2. The van der Waals surface area contributed by atoms with Crippen molar-refractivity contribution >= 4 is 11.3 Å². The number of aromatic nitrogens is 1. The molecular weight excluding hydrogens is 278 g/mol. The summed E-state index contributed by atoms with van der Waals surface area (Å²) < 4.78 is 0. The lowest BCUT2D eigenvalue weighted by Gasteiger charge is -2.36. The highest BCUT2D eigenvalue weighted by Gasteiger charge is 2.37. The zero-order chi connectivity index (χ0) is 15.0. The maximum absolute atomic E-state index is 4.57. The Morgan fingerprint density at radius 1 is 1.29 bits per heavy atom. The number of nitrogens with one attached hydrogen (secondary N) is 1. The van der Waals surface area contributed by atoms with E-state index in [0.717, 1.165) is 24.5 Å². The first kappa shape index (κ1) is 15.4. The monoisotopic (exact) mass is 307 g/mol. The molecule has 1 N–H and O–H groups in total. The van der Waals surface area contributed by atoms with E-state index < -0.39 is 0 Å². The zero-order valence-electron chi connectivity index (χ0n) is 13.9. The van der Waals surface area contributed by atoms with E-state index in [4.69, 9.17) is 0 Å². The van der Waals surface area contributed by atoms with Gasteiger partial charge < -0.3 is 10.2 Å². The van der Waals surface area contributed by atoms with Crippen LogP contribution in [0.2, 0.25) is 0 Å². The highest BCUT2D eigenvalue weighted by atomic mass is 32.1. The van der Waals surface area contributed by atoms with Crippen LogP contribution in [-0.4, -0.2) is 35.6 Å². The lowest BCUT2D eigenvalue weighted by Crippen LogP contribution is -2.42. The fraction of sp³-hybridized carbons (Fsp3) is 0.824. The van der Waals surface area contributed by atoms with Crippen LogP contribution in [0.1, 0.15) is 56.3 Å². The smallest absolute Gasteiger partial charge is 0.0981 e. The summed E-state index contributed by atoms with van der Waals surface area (Å²) in [6.07, 6.45) is 7.66. The van der Waals surface area contributed by atoms with Crippen LogP contribution < -0.4 is 5.32 Å². The van der Waals surface area contributed by atoms with E-state index in [-0.39, 0.29) is 5.41 Å². The molecule has 2 fully saturated rings. The summed E-state index contributed by atoms with van der Waals surface area (Å²) in [7, 11) is 2.32. The van der Waals surface area contributed by atoms with E-state index in [9.17, 15) is 0 Å². The first-order valence-corrected chi connectivity index (χ1v) is 9.13. The Labute approximate surface area is 133 Å². The summed E-state index contributed by atoms with van der Waals surface area (Å²) in [5.74, 6) is 0.869. The van der Waals surface area contributed by atoms with Crippen molar-refractivity contribution in [2.45, 2.75) is 70.5 Å². The number of fused-ring (bicyclic) bond motifs is 2. The van der Waals surface area contributed by atoms with Crippen LogP contribution in [0.3, 0.4) is 0 Å². The van der Waals surface area contributed by atoms with E-state index in [0.29, 0.717) is 0 Å². The minimum absolute atomic E-state index is 0.177. The van der Waals surface area contributed by atoms with E-state index in [1.165, 1.54) is 42.1 Å². The lowest BCUT2D eigenvalue weighted by atomic mass is 9.91. The second kappa shape index (κ2) is 5.98. The van der Waals surface area contributed by atoms with E-state index in [2.05, 4.69) is 49.2 Å². The van der Waals surface area contributed by atoms with Gasteiger partial charge in [0.25, 0.3) is 0 Å². The molecule has 0 aromatic carbocycles. The predicted molar refractivity (Wildman–Crippen MR) is 89.8 cm³/mol. The first-order chi connectivity index (χ1) is 9.93. The largest absolute Gasteiger partial charge is 0.312 e. The summed E-state index contributed by atoms with van der Waals surface area (Å²) >= 11 is 1.86. The average molecular weight is 308 g/mol. The predicted octanol–water partition coefficient (Wildman–Crippen LogP) is 3.40. The summed E-state index contributed by atoms with van der Waals surface area (Å²) in [5, 5.41) is 4.92. The van der Waals surface area contributed by atoms with Crippen LogP contribution in [0, 0.1) is 5.92 Å². The lowest BCUT2D eigenvalue weighted by molar-refractivity contribution is 0.133. The summed E-state index contributed by atoms with van der Waals surface area (Å²) in [6, 6.07) is 1.71. The van der Waals surface area contributed by atoms with Crippen LogP contribution in [0.25, 0.3) is 0 Å².